The molecular weight excluding hydrogens is 707 g/mol. The first-order valence-electron chi connectivity index (χ1n) is 15.8. The van der Waals surface area contributed by atoms with Gasteiger partial charge in [-0.15, -0.1) is 0 Å². The highest BCUT2D eigenvalue weighted by molar-refractivity contribution is 7.88. The van der Waals surface area contributed by atoms with Gasteiger partial charge in [0, 0.05) is 23.5 Å². The summed E-state index contributed by atoms with van der Waals surface area (Å²) in [5.74, 6) is -1.55. The lowest BCUT2D eigenvalue weighted by atomic mass is 10.1. The zero-order chi connectivity index (χ0) is 37.1. The lowest BCUT2D eigenvalue weighted by Crippen LogP contribution is -2.40. The fourth-order valence-corrected chi connectivity index (χ4v) is 7.21. The molecule has 0 saturated carbocycles. The number of imide groups is 1. The summed E-state index contributed by atoms with van der Waals surface area (Å²) in [6, 6.07) is 12.6. The van der Waals surface area contributed by atoms with Gasteiger partial charge in [-0.05, 0) is 67.4 Å². The number of aromatic amines is 1. The van der Waals surface area contributed by atoms with Crippen LogP contribution in [-0.4, -0.2) is 83.7 Å². The minimum Gasteiger partial charge on any atom is -0.485 e. The van der Waals surface area contributed by atoms with Gasteiger partial charge in [-0.25, -0.2) is 40.7 Å². The predicted octanol–water partition coefficient (Wildman–Crippen LogP) is 4.51. The number of hydrogen-bond acceptors (Lipinski definition) is 9. The Hall–Kier alpha value is -5.88. The van der Waals surface area contributed by atoms with E-state index in [0.717, 1.165) is 11.2 Å². The number of amides is 3. The molecule has 5 aromatic rings. The SMILES string of the molecule is Cc1cc(Oc2ccccc2F)ccc1-n1ncc(C(=O)c2cc3cc(OCC(F)F)c(N4C(=O)C5CC(NS(C)(=O)=O)CN5C4=O)cc3[nH]2)c1N. The Morgan fingerprint density at radius 1 is 1.10 bits per heavy atom. The maximum absolute atomic E-state index is 14.1. The van der Waals surface area contributed by atoms with Crippen LogP contribution in [-0.2, 0) is 14.8 Å². The van der Waals surface area contributed by atoms with Crippen LogP contribution in [0.15, 0.2) is 66.9 Å². The van der Waals surface area contributed by atoms with Crippen LogP contribution in [0.25, 0.3) is 16.6 Å². The minimum atomic E-state index is -3.60. The number of sulfonamides is 1. The van der Waals surface area contributed by atoms with Crippen molar-refractivity contribution in [1.29, 1.82) is 0 Å². The van der Waals surface area contributed by atoms with Gasteiger partial charge in [0.15, 0.2) is 11.6 Å². The van der Waals surface area contributed by atoms with Crippen LogP contribution in [0, 0.1) is 12.7 Å². The van der Waals surface area contributed by atoms with E-state index in [4.69, 9.17) is 15.2 Å². The molecule has 0 bridgehead atoms. The summed E-state index contributed by atoms with van der Waals surface area (Å²) in [6.45, 7) is 0.652. The maximum atomic E-state index is 14.1. The van der Waals surface area contributed by atoms with Crippen LogP contribution in [0.1, 0.15) is 28.0 Å². The van der Waals surface area contributed by atoms with E-state index in [0.29, 0.717) is 22.4 Å². The van der Waals surface area contributed by atoms with E-state index in [1.165, 1.54) is 46.1 Å². The summed E-state index contributed by atoms with van der Waals surface area (Å²) in [7, 11) is -3.60. The fraction of sp³-hybridized carbons (Fsp3) is 0.235. The van der Waals surface area contributed by atoms with Gasteiger partial charge in [-0.2, -0.15) is 5.10 Å². The highest BCUT2D eigenvalue weighted by Gasteiger charge is 2.52. The molecule has 7 rings (SSSR count). The summed E-state index contributed by atoms with van der Waals surface area (Å²) in [5, 5.41) is 4.65. The van der Waals surface area contributed by atoms with Crippen LogP contribution in [0.5, 0.6) is 17.2 Å². The first kappa shape index (κ1) is 34.6. The molecule has 2 aromatic heterocycles. The minimum absolute atomic E-state index is 0.00805. The highest BCUT2D eigenvalue weighted by atomic mass is 32.2. The van der Waals surface area contributed by atoms with Crippen LogP contribution in [0.4, 0.5) is 29.5 Å². The Kier molecular flexibility index (Phi) is 8.66. The zero-order valence-corrected chi connectivity index (χ0v) is 28.3. The maximum Gasteiger partial charge on any atom is 0.332 e. The van der Waals surface area contributed by atoms with Crippen molar-refractivity contribution in [1.82, 2.24) is 24.4 Å². The molecule has 2 saturated heterocycles. The van der Waals surface area contributed by atoms with E-state index in [9.17, 15) is 36.0 Å². The second-order valence-electron chi connectivity index (χ2n) is 12.4. The molecule has 270 valence electrons. The molecule has 3 amide bonds. The number of aryl methyl sites for hydroxylation is 1. The van der Waals surface area contributed by atoms with E-state index in [1.807, 2.05) is 0 Å². The lowest BCUT2D eigenvalue weighted by Gasteiger charge is -2.21. The van der Waals surface area contributed by atoms with Crippen LogP contribution >= 0.6 is 0 Å². The first-order valence-corrected chi connectivity index (χ1v) is 17.7. The molecule has 2 aliphatic rings. The third-order valence-corrected chi connectivity index (χ3v) is 9.45. The topological polar surface area (TPSA) is 182 Å². The summed E-state index contributed by atoms with van der Waals surface area (Å²) in [5.41, 5.74) is 7.82. The molecule has 2 fully saturated rings. The lowest BCUT2D eigenvalue weighted by molar-refractivity contribution is -0.119. The van der Waals surface area contributed by atoms with Crippen LogP contribution in [0.3, 0.4) is 0 Å². The van der Waals surface area contributed by atoms with Crippen LogP contribution in [0.2, 0.25) is 0 Å². The molecule has 14 nitrogen and oxygen atoms in total. The molecule has 0 aliphatic carbocycles. The van der Waals surface area contributed by atoms with Gasteiger partial charge < -0.3 is 25.1 Å². The van der Waals surface area contributed by atoms with Gasteiger partial charge in [-0.3, -0.25) is 9.59 Å². The van der Waals surface area contributed by atoms with Crippen molar-refractivity contribution in [3.63, 3.8) is 0 Å². The van der Waals surface area contributed by atoms with Crippen LogP contribution < -0.4 is 24.8 Å². The Morgan fingerprint density at radius 2 is 1.87 bits per heavy atom. The average molecular weight is 738 g/mol. The van der Waals surface area contributed by atoms with E-state index < -0.39 is 58.7 Å². The number of carbonyl (C=O) groups excluding carboxylic acids is 3. The number of fused-ring (bicyclic) bond motifs is 2. The normalized spacial score (nSPS) is 17.4. The second kappa shape index (κ2) is 13.0. The largest absolute Gasteiger partial charge is 0.485 e. The number of ketones is 1. The summed E-state index contributed by atoms with van der Waals surface area (Å²) in [4.78, 5) is 45.7. The number of nitrogen functional groups attached to an aromatic ring is 1. The molecular formula is C34H30F3N7O7S. The number of urea groups is 1. The van der Waals surface area contributed by atoms with E-state index >= 15 is 0 Å². The number of aromatic nitrogens is 3. The number of hydrogen-bond donors (Lipinski definition) is 3. The number of benzene rings is 3. The fourth-order valence-electron chi connectivity index (χ4n) is 6.43. The number of nitrogens with zero attached hydrogens (tertiary/aromatic N) is 4. The third kappa shape index (κ3) is 6.41. The predicted molar refractivity (Wildman–Crippen MR) is 182 cm³/mol. The number of H-pyrrole nitrogens is 1. The molecule has 4 N–H and O–H groups in total. The Balaban J connectivity index is 1.17. The standard InChI is InChI=1S/C34H30F3N7O7S/c1-17-9-20(51-28-6-4-3-5-22(28)35)7-8-25(17)44-32(38)21(14-39-44)31(45)24-10-18-11-29(50-16-30(36)37)26(13-23(18)40-24)43-33(46)27-12-19(41-52(2,48)49)15-42(27)34(43)47/h3-11,13-14,19,27,30,40-41H,12,15-16,38H2,1-2H3. The molecule has 2 aliphatic heterocycles. The van der Waals surface area contributed by atoms with E-state index in [2.05, 4.69) is 14.8 Å². The molecule has 0 spiro atoms. The Labute approximate surface area is 293 Å². The first-order chi connectivity index (χ1) is 24.7. The molecule has 4 heterocycles. The number of carbonyl (C=O) groups is 3. The van der Waals surface area contributed by atoms with Crippen molar-refractivity contribution in [3.05, 3.63) is 89.5 Å². The second-order valence-corrected chi connectivity index (χ2v) is 14.2. The van der Waals surface area contributed by atoms with Gasteiger partial charge >= 0.3 is 6.03 Å². The number of rotatable bonds is 11. The number of ether oxygens (including phenoxy) is 2. The summed E-state index contributed by atoms with van der Waals surface area (Å²) < 4.78 is 78.8. The van der Waals surface area contributed by atoms with Crippen molar-refractivity contribution >= 4 is 50.2 Å². The number of nitrogens with two attached hydrogens (primary N) is 1. The average Bonchev–Trinajstić information content (AvgIpc) is 3.84. The van der Waals surface area contributed by atoms with Gasteiger partial charge in [0.25, 0.3) is 12.3 Å². The number of nitrogens with one attached hydrogen (secondary N) is 2. The zero-order valence-electron chi connectivity index (χ0n) is 27.5. The van der Waals surface area contributed by atoms with Gasteiger partial charge in [0.2, 0.25) is 15.8 Å². The summed E-state index contributed by atoms with van der Waals surface area (Å²) >= 11 is 0. The van der Waals surface area contributed by atoms with Crippen molar-refractivity contribution in [2.75, 3.05) is 30.0 Å². The number of halogens is 3. The van der Waals surface area contributed by atoms with Gasteiger partial charge in [-0.1, -0.05) is 12.1 Å². The molecule has 2 unspecified atom stereocenters. The quantitative estimate of drug-likeness (QED) is 0.130. The van der Waals surface area contributed by atoms with E-state index in [1.54, 1.807) is 37.3 Å². The molecule has 2 atom stereocenters. The molecule has 18 heteroatoms. The number of anilines is 2. The van der Waals surface area contributed by atoms with Gasteiger partial charge in [0.1, 0.15) is 30.0 Å². The number of para-hydroxylation sites is 1. The molecule has 3 aromatic carbocycles. The van der Waals surface area contributed by atoms with Crippen molar-refractivity contribution in [2.45, 2.75) is 31.9 Å². The molecule has 52 heavy (non-hydrogen) atoms. The van der Waals surface area contributed by atoms with E-state index in [-0.39, 0.29) is 52.7 Å². The van der Waals surface area contributed by atoms with Crippen molar-refractivity contribution < 1.29 is 45.4 Å². The van der Waals surface area contributed by atoms with Crippen molar-refractivity contribution in [3.8, 4) is 22.9 Å². The Bertz CT molecular complexity index is 2360. The van der Waals surface area contributed by atoms with Crippen molar-refractivity contribution in [2.24, 2.45) is 0 Å². The monoisotopic (exact) mass is 737 g/mol. The van der Waals surface area contributed by atoms with Gasteiger partial charge in [0.05, 0.1) is 35.1 Å². The highest BCUT2D eigenvalue weighted by Crippen LogP contribution is 2.40. The smallest absolute Gasteiger partial charge is 0.332 e. The molecule has 0 radical (unpaired) electrons. The number of alkyl halides is 2. The Morgan fingerprint density at radius 3 is 2.56 bits per heavy atom. The third-order valence-electron chi connectivity index (χ3n) is 8.69. The summed E-state index contributed by atoms with van der Waals surface area (Å²) in [6.07, 6.45) is -0.598.